The van der Waals surface area contributed by atoms with Crippen LogP contribution in [-0.4, -0.2) is 63.6 Å². The van der Waals surface area contributed by atoms with Crippen molar-refractivity contribution in [3.63, 3.8) is 0 Å². The number of ketones is 1. The van der Waals surface area contributed by atoms with Gasteiger partial charge in [0.1, 0.15) is 0 Å². The number of H-pyrrole nitrogens is 2. The third-order valence-electron chi connectivity index (χ3n) is 6.65. The molecule has 1 aliphatic rings. The molecular formula is C25H36N6O. The first-order chi connectivity index (χ1) is 15.5. The maximum Gasteiger partial charge on any atom is 0.245 e. The number of nitrogens with one attached hydrogen (secondary N) is 2. The average Bonchev–Trinajstić information content (AvgIpc) is 3.45. The largest absolute Gasteiger partial charge is 0.361 e. The number of anilines is 1. The Bertz CT molecular complexity index is 1010. The first-order valence-corrected chi connectivity index (χ1v) is 12.0. The van der Waals surface area contributed by atoms with Crippen LogP contribution in [0, 0.1) is 11.8 Å². The highest BCUT2D eigenvalue weighted by Crippen LogP contribution is 2.26. The third-order valence-corrected chi connectivity index (χ3v) is 6.65. The van der Waals surface area contributed by atoms with Gasteiger partial charge in [-0.15, -0.1) is 5.10 Å². The number of para-hydroxylation sites is 1. The van der Waals surface area contributed by atoms with Crippen LogP contribution < -0.4 is 4.90 Å². The lowest BCUT2D eigenvalue weighted by molar-refractivity contribution is 0.0947. The van der Waals surface area contributed by atoms with Gasteiger partial charge in [0.25, 0.3) is 0 Å². The van der Waals surface area contributed by atoms with Gasteiger partial charge in [-0.3, -0.25) is 9.89 Å². The highest BCUT2D eigenvalue weighted by molar-refractivity contribution is 5.93. The Morgan fingerprint density at radius 3 is 2.66 bits per heavy atom. The van der Waals surface area contributed by atoms with Crippen molar-refractivity contribution in [3.05, 3.63) is 41.9 Å². The quantitative estimate of drug-likeness (QED) is 0.463. The Morgan fingerprint density at radius 1 is 1.12 bits per heavy atom. The smallest absolute Gasteiger partial charge is 0.245 e. The fourth-order valence-corrected chi connectivity index (χ4v) is 4.60. The molecule has 1 atom stereocenters. The average molecular weight is 437 g/mol. The number of Topliss-reactive ketones (excluding diaryl/α,β-unsaturated/α-hetero) is 1. The van der Waals surface area contributed by atoms with Crippen molar-refractivity contribution in [1.29, 1.82) is 0 Å². The standard InChI is InChI=1S/C25H36N6O/c1-4-30-11-13-31(14-12-30)25-27-24(28-29-25)23(32)16-19(10-9-18(2)3)15-20-17-26-22-8-6-5-7-21(20)22/h5-8,17-19,26H,4,9-16H2,1-3H3,(H,27,28,29). The van der Waals surface area contributed by atoms with Gasteiger partial charge in [-0.05, 0) is 42.9 Å². The number of hydrogen-bond donors (Lipinski definition) is 2. The molecule has 0 radical (unpaired) electrons. The molecule has 32 heavy (non-hydrogen) atoms. The van der Waals surface area contributed by atoms with Crippen LogP contribution in [-0.2, 0) is 6.42 Å². The fourth-order valence-electron chi connectivity index (χ4n) is 4.60. The van der Waals surface area contributed by atoms with Crippen LogP contribution in [0.3, 0.4) is 0 Å². The minimum Gasteiger partial charge on any atom is -0.361 e. The molecule has 7 nitrogen and oxygen atoms in total. The molecule has 4 rings (SSSR count). The van der Waals surface area contributed by atoms with E-state index in [9.17, 15) is 4.79 Å². The molecule has 1 unspecified atom stereocenters. The monoisotopic (exact) mass is 436 g/mol. The van der Waals surface area contributed by atoms with Crippen LogP contribution in [0.1, 0.15) is 56.2 Å². The number of hydrogen-bond acceptors (Lipinski definition) is 5. The summed E-state index contributed by atoms with van der Waals surface area (Å²) in [5.74, 6) is 2.01. The maximum atomic E-state index is 13.1. The number of carbonyl (C=O) groups is 1. The number of nitrogens with zero attached hydrogens (tertiary/aromatic N) is 4. The molecule has 0 aliphatic carbocycles. The van der Waals surface area contributed by atoms with E-state index in [0.717, 1.165) is 57.5 Å². The second-order valence-corrected chi connectivity index (χ2v) is 9.43. The van der Waals surface area contributed by atoms with Crippen molar-refractivity contribution >= 4 is 22.6 Å². The summed E-state index contributed by atoms with van der Waals surface area (Å²) >= 11 is 0. The van der Waals surface area contributed by atoms with E-state index >= 15 is 0 Å². The van der Waals surface area contributed by atoms with E-state index in [2.05, 4.69) is 75.1 Å². The summed E-state index contributed by atoms with van der Waals surface area (Å²) < 4.78 is 0. The van der Waals surface area contributed by atoms with Gasteiger partial charge in [0.15, 0.2) is 11.6 Å². The molecule has 7 heteroatoms. The zero-order valence-electron chi connectivity index (χ0n) is 19.6. The number of aromatic nitrogens is 4. The van der Waals surface area contributed by atoms with Crippen molar-refractivity contribution in [1.82, 2.24) is 25.1 Å². The number of likely N-dealkylation sites (N-methyl/N-ethyl adjacent to an activating group) is 1. The van der Waals surface area contributed by atoms with Gasteiger partial charge in [0.05, 0.1) is 0 Å². The lowest BCUT2D eigenvalue weighted by Crippen LogP contribution is -2.46. The van der Waals surface area contributed by atoms with Gasteiger partial charge < -0.3 is 14.8 Å². The van der Waals surface area contributed by atoms with Crippen molar-refractivity contribution in [3.8, 4) is 0 Å². The molecule has 172 valence electrons. The van der Waals surface area contributed by atoms with Crippen LogP contribution in [0.15, 0.2) is 30.5 Å². The van der Waals surface area contributed by atoms with Crippen LogP contribution in [0.5, 0.6) is 0 Å². The topological polar surface area (TPSA) is 80.9 Å². The molecule has 1 saturated heterocycles. The molecule has 0 saturated carbocycles. The van der Waals surface area contributed by atoms with Crippen molar-refractivity contribution in [2.45, 2.75) is 46.5 Å². The second-order valence-electron chi connectivity index (χ2n) is 9.43. The highest BCUT2D eigenvalue weighted by atomic mass is 16.1. The van der Waals surface area contributed by atoms with E-state index in [4.69, 9.17) is 0 Å². The van der Waals surface area contributed by atoms with Crippen molar-refractivity contribution in [2.24, 2.45) is 11.8 Å². The normalized spacial score (nSPS) is 16.2. The van der Waals surface area contributed by atoms with Crippen LogP contribution in [0.4, 0.5) is 5.95 Å². The third kappa shape index (κ3) is 5.38. The first-order valence-electron chi connectivity index (χ1n) is 12.0. The Balaban J connectivity index is 1.42. The minimum absolute atomic E-state index is 0.0598. The van der Waals surface area contributed by atoms with E-state index in [1.807, 2.05) is 6.07 Å². The number of benzene rings is 1. The maximum absolute atomic E-state index is 13.1. The summed E-state index contributed by atoms with van der Waals surface area (Å²) in [5.41, 5.74) is 2.44. The number of aromatic amines is 2. The lowest BCUT2D eigenvalue weighted by atomic mass is 9.88. The summed E-state index contributed by atoms with van der Waals surface area (Å²) in [6.07, 6.45) is 5.62. The molecule has 0 spiro atoms. The van der Waals surface area contributed by atoms with E-state index in [-0.39, 0.29) is 11.7 Å². The van der Waals surface area contributed by atoms with Gasteiger partial charge in [0.2, 0.25) is 5.95 Å². The summed E-state index contributed by atoms with van der Waals surface area (Å²) in [5, 5.41) is 8.52. The summed E-state index contributed by atoms with van der Waals surface area (Å²) in [6.45, 7) is 11.6. The highest BCUT2D eigenvalue weighted by Gasteiger charge is 2.23. The van der Waals surface area contributed by atoms with E-state index < -0.39 is 0 Å². The molecule has 2 N–H and O–H groups in total. The Kier molecular flexibility index (Phi) is 7.25. The molecule has 2 aromatic heterocycles. The second kappa shape index (κ2) is 10.3. The summed E-state index contributed by atoms with van der Waals surface area (Å²) in [4.78, 5) is 25.6. The Labute approximate surface area is 190 Å². The number of carbonyl (C=O) groups excluding carboxylic acids is 1. The van der Waals surface area contributed by atoms with E-state index in [1.165, 1.54) is 10.9 Å². The Hall–Kier alpha value is -2.67. The van der Waals surface area contributed by atoms with Gasteiger partial charge in [-0.2, -0.15) is 4.98 Å². The fraction of sp³-hybridized carbons (Fsp3) is 0.560. The summed E-state index contributed by atoms with van der Waals surface area (Å²) in [6, 6.07) is 8.38. The van der Waals surface area contributed by atoms with E-state index in [0.29, 0.717) is 24.1 Å². The molecular weight excluding hydrogens is 400 g/mol. The minimum atomic E-state index is 0.0598. The molecule has 1 aliphatic heterocycles. The van der Waals surface area contributed by atoms with Crippen LogP contribution >= 0.6 is 0 Å². The van der Waals surface area contributed by atoms with Crippen LogP contribution in [0.25, 0.3) is 10.9 Å². The SMILES string of the molecule is CCN1CCN(c2n[nH]c(C(=O)CC(CCC(C)C)Cc3c[nH]c4ccccc34)n2)CC1. The number of rotatable bonds is 10. The predicted molar refractivity (Wildman–Crippen MR) is 129 cm³/mol. The molecule has 3 heterocycles. The van der Waals surface area contributed by atoms with Gasteiger partial charge in [-0.1, -0.05) is 45.4 Å². The molecule has 1 aromatic carbocycles. The Morgan fingerprint density at radius 2 is 1.91 bits per heavy atom. The molecule has 0 amide bonds. The summed E-state index contributed by atoms with van der Waals surface area (Å²) in [7, 11) is 0. The molecule has 0 bridgehead atoms. The van der Waals surface area contributed by atoms with E-state index in [1.54, 1.807) is 0 Å². The van der Waals surface area contributed by atoms with Crippen LogP contribution in [0.2, 0.25) is 0 Å². The van der Waals surface area contributed by atoms with Crippen molar-refractivity contribution < 1.29 is 4.79 Å². The van der Waals surface area contributed by atoms with Gasteiger partial charge >= 0.3 is 0 Å². The van der Waals surface area contributed by atoms with Gasteiger partial charge in [-0.25, -0.2) is 0 Å². The predicted octanol–water partition coefficient (Wildman–Crippen LogP) is 4.30. The number of fused-ring (bicyclic) bond motifs is 1. The number of piperazine rings is 1. The first kappa shape index (κ1) is 22.5. The zero-order chi connectivity index (χ0) is 22.5. The molecule has 3 aromatic rings. The lowest BCUT2D eigenvalue weighted by Gasteiger charge is -2.33. The zero-order valence-corrected chi connectivity index (χ0v) is 19.6. The molecule has 1 fully saturated rings. The van der Waals surface area contributed by atoms with Crippen molar-refractivity contribution in [2.75, 3.05) is 37.6 Å². The van der Waals surface area contributed by atoms with Gasteiger partial charge in [0, 0.05) is 49.7 Å².